The van der Waals surface area contributed by atoms with Crippen LogP contribution >= 0.6 is 0 Å². The van der Waals surface area contributed by atoms with Crippen LogP contribution in [0.25, 0.3) is 0 Å². The molecular weight excluding hydrogens is 239 g/mol. The number of halogens is 1. The highest BCUT2D eigenvalue weighted by Crippen LogP contribution is 2.21. The number of ketones is 1. The van der Waals surface area contributed by atoms with Crippen molar-refractivity contribution in [2.45, 2.75) is 32.8 Å². The molecule has 0 aromatic heterocycles. The number of hydrogen-bond acceptors (Lipinski definition) is 3. The predicted octanol–water partition coefficient (Wildman–Crippen LogP) is 2.66. The Morgan fingerprint density at radius 1 is 1.44 bits per heavy atom. The molecule has 0 radical (unpaired) electrons. The molecule has 4 nitrogen and oxygen atoms in total. The van der Waals surface area contributed by atoms with Crippen molar-refractivity contribution in [2.24, 2.45) is 0 Å². The van der Waals surface area contributed by atoms with Crippen LogP contribution < -0.4 is 4.74 Å². The first-order valence-corrected chi connectivity index (χ1v) is 5.65. The number of ether oxygens (including phenoxy) is 1. The molecule has 1 atom stereocenters. The first-order chi connectivity index (χ1) is 8.45. The molecule has 1 rings (SSSR count). The molecule has 0 saturated carbocycles. The second-order valence-corrected chi connectivity index (χ2v) is 3.93. The molecule has 0 aliphatic rings. The Hall–Kier alpha value is -1.91. The van der Waals surface area contributed by atoms with Gasteiger partial charge in [-0.3, -0.25) is 4.79 Å². The zero-order valence-corrected chi connectivity index (χ0v) is 10.3. The maximum Gasteiger partial charge on any atom is 0.344 e. The van der Waals surface area contributed by atoms with E-state index in [1.807, 2.05) is 6.92 Å². The molecule has 0 amide bonds. The average molecular weight is 254 g/mol. The largest absolute Gasteiger partial charge is 0.479 e. The number of carboxylic acids is 1. The lowest BCUT2D eigenvalue weighted by Crippen LogP contribution is -2.27. The number of Topliss-reactive ketones (excluding diaryl/α,β-unsaturated/α-hetero) is 1. The highest BCUT2D eigenvalue weighted by Gasteiger charge is 2.20. The SMILES string of the molecule is CCCC(Oc1ccc(C(C)=O)cc1F)C(=O)O. The molecule has 98 valence electrons. The number of rotatable bonds is 6. The van der Waals surface area contributed by atoms with Crippen LogP contribution in [-0.2, 0) is 4.79 Å². The van der Waals surface area contributed by atoms with E-state index in [0.717, 1.165) is 6.07 Å². The molecule has 0 bridgehead atoms. The van der Waals surface area contributed by atoms with Gasteiger partial charge in [0.25, 0.3) is 0 Å². The van der Waals surface area contributed by atoms with Crippen molar-refractivity contribution in [1.82, 2.24) is 0 Å². The molecule has 0 saturated heterocycles. The van der Waals surface area contributed by atoms with Gasteiger partial charge in [-0.15, -0.1) is 0 Å². The standard InChI is InChI=1S/C13H15FO4/c1-3-4-12(13(16)17)18-11-6-5-9(8(2)15)7-10(11)14/h5-7,12H,3-4H2,1-2H3,(H,16,17). The summed E-state index contributed by atoms with van der Waals surface area (Å²) in [7, 11) is 0. The molecule has 0 spiro atoms. The van der Waals surface area contributed by atoms with Crippen LogP contribution in [0.3, 0.4) is 0 Å². The summed E-state index contributed by atoms with van der Waals surface area (Å²) >= 11 is 0. The maximum atomic E-state index is 13.6. The van der Waals surface area contributed by atoms with Crippen molar-refractivity contribution in [3.63, 3.8) is 0 Å². The van der Waals surface area contributed by atoms with Crippen molar-refractivity contribution in [2.75, 3.05) is 0 Å². The number of carbonyl (C=O) groups excluding carboxylic acids is 1. The molecule has 1 N–H and O–H groups in total. The maximum absolute atomic E-state index is 13.6. The number of carbonyl (C=O) groups is 2. The van der Waals surface area contributed by atoms with E-state index in [9.17, 15) is 14.0 Å². The van der Waals surface area contributed by atoms with Gasteiger partial charge in [-0.05, 0) is 31.5 Å². The summed E-state index contributed by atoms with van der Waals surface area (Å²) in [5, 5.41) is 8.90. The lowest BCUT2D eigenvalue weighted by Gasteiger charge is -2.15. The van der Waals surface area contributed by atoms with Gasteiger partial charge in [0.05, 0.1) is 0 Å². The molecule has 1 aromatic rings. The monoisotopic (exact) mass is 254 g/mol. The summed E-state index contributed by atoms with van der Waals surface area (Å²) in [6.45, 7) is 3.14. The number of hydrogen-bond donors (Lipinski definition) is 1. The Balaban J connectivity index is 2.90. The summed E-state index contributed by atoms with van der Waals surface area (Å²) in [5.41, 5.74) is 0.224. The fraction of sp³-hybridized carbons (Fsp3) is 0.385. The van der Waals surface area contributed by atoms with Gasteiger partial charge in [0.15, 0.2) is 23.5 Å². The molecule has 0 aliphatic carbocycles. The van der Waals surface area contributed by atoms with E-state index in [1.54, 1.807) is 0 Å². The second kappa shape index (κ2) is 6.14. The van der Waals surface area contributed by atoms with E-state index >= 15 is 0 Å². The second-order valence-electron chi connectivity index (χ2n) is 3.93. The summed E-state index contributed by atoms with van der Waals surface area (Å²) in [4.78, 5) is 21.9. The number of aliphatic carboxylic acids is 1. The van der Waals surface area contributed by atoms with Crippen molar-refractivity contribution in [3.8, 4) is 5.75 Å². The van der Waals surface area contributed by atoms with E-state index in [1.165, 1.54) is 19.1 Å². The van der Waals surface area contributed by atoms with Crippen molar-refractivity contribution in [1.29, 1.82) is 0 Å². The molecule has 0 aliphatic heterocycles. The van der Waals surface area contributed by atoms with E-state index in [0.29, 0.717) is 12.8 Å². The Kier molecular flexibility index (Phi) is 4.83. The molecule has 18 heavy (non-hydrogen) atoms. The van der Waals surface area contributed by atoms with Crippen molar-refractivity contribution in [3.05, 3.63) is 29.6 Å². The van der Waals surface area contributed by atoms with Gasteiger partial charge < -0.3 is 9.84 Å². The minimum absolute atomic E-state index is 0.152. The van der Waals surface area contributed by atoms with Crippen LogP contribution in [0.5, 0.6) is 5.75 Å². The van der Waals surface area contributed by atoms with Crippen molar-refractivity contribution >= 4 is 11.8 Å². The smallest absolute Gasteiger partial charge is 0.344 e. The van der Waals surface area contributed by atoms with Gasteiger partial charge in [0, 0.05) is 5.56 Å². The van der Waals surface area contributed by atoms with Crippen molar-refractivity contribution < 1.29 is 23.8 Å². The van der Waals surface area contributed by atoms with Gasteiger partial charge in [0.2, 0.25) is 0 Å². The van der Waals surface area contributed by atoms with E-state index in [2.05, 4.69) is 0 Å². The molecule has 5 heteroatoms. The van der Waals surface area contributed by atoms with Gasteiger partial charge in [-0.25, -0.2) is 9.18 Å². The Labute approximate surface area is 104 Å². The van der Waals surface area contributed by atoms with Gasteiger partial charge in [0.1, 0.15) is 0 Å². The third kappa shape index (κ3) is 3.55. The zero-order chi connectivity index (χ0) is 13.7. The summed E-state index contributed by atoms with van der Waals surface area (Å²) in [6, 6.07) is 3.73. The Morgan fingerprint density at radius 3 is 2.56 bits per heavy atom. The van der Waals surface area contributed by atoms with Crippen LogP contribution in [-0.4, -0.2) is 23.0 Å². The lowest BCUT2D eigenvalue weighted by atomic mass is 10.1. The highest BCUT2D eigenvalue weighted by molar-refractivity contribution is 5.94. The quantitative estimate of drug-likeness (QED) is 0.793. The topological polar surface area (TPSA) is 63.6 Å². The number of benzene rings is 1. The normalized spacial score (nSPS) is 11.9. The predicted molar refractivity (Wildman–Crippen MR) is 63.4 cm³/mol. The van der Waals surface area contributed by atoms with E-state index < -0.39 is 17.9 Å². The molecule has 1 aromatic carbocycles. The van der Waals surface area contributed by atoms with E-state index in [-0.39, 0.29) is 17.1 Å². The summed E-state index contributed by atoms with van der Waals surface area (Å²) < 4.78 is 18.7. The Morgan fingerprint density at radius 2 is 2.11 bits per heavy atom. The highest BCUT2D eigenvalue weighted by atomic mass is 19.1. The van der Waals surface area contributed by atoms with Crippen LogP contribution in [0.4, 0.5) is 4.39 Å². The Bertz CT molecular complexity index is 456. The van der Waals surface area contributed by atoms with Gasteiger partial charge in [-0.1, -0.05) is 13.3 Å². The third-order valence-electron chi connectivity index (χ3n) is 2.43. The minimum atomic E-state index is -1.13. The molecule has 1 unspecified atom stereocenters. The molecule has 0 fully saturated rings. The fourth-order valence-electron chi connectivity index (χ4n) is 1.46. The van der Waals surface area contributed by atoms with Crippen LogP contribution in [0.15, 0.2) is 18.2 Å². The minimum Gasteiger partial charge on any atom is -0.479 e. The van der Waals surface area contributed by atoms with Crippen LogP contribution in [0.2, 0.25) is 0 Å². The van der Waals surface area contributed by atoms with Crippen LogP contribution in [0, 0.1) is 5.82 Å². The number of carboxylic acid groups (broad SMARTS) is 1. The van der Waals surface area contributed by atoms with Crippen LogP contribution in [0.1, 0.15) is 37.0 Å². The third-order valence-corrected chi connectivity index (χ3v) is 2.43. The fourth-order valence-corrected chi connectivity index (χ4v) is 1.46. The lowest BCUT2D eigenvalue weighted by molar-refractivity contribution is -0.145. The summed E-state index contributed by atoms with van der Waals surface area (Å²) in [6.07, 6.45) is -0.166. The average Bonchev–Trinajstić information content (AvgIpc) is 2.30. The zero-order valence-electron chi connectivity index (χ0n) is 10.3. The first kappa shape index (κ1) is 14.2. The first-order valence-electron chi connectivity index (χ1n) is 5.65. The molecular formula is C13H15FO4. The van der Waals surface area contributed by atoms with Gasteiger partial charge >= 0.3 is 5.97 Å². The molecule has 0 heterocycles. The van der Waals surface area contributed by atoms with E-state index in [4.69, 9.17) is 9.84 Å². The van der Waals surface area contributed by atoms with Gasteiger partial charge in [-0.2, -0.15) is 0 Å². The summed E-state index contributed by atoms with van der Waals surface area (Å²) in [5.74, 6) is -2.28.